The van der Waals surface area contributed by atoms with Crippen LogP contribution in [0, 0.1) is 5.82 Å². The van der Waals surface area contributed by atoms with Gasteiger partial charge >= 0.3 is 0 Å². The van der Waals surface area contributed by atoms with E-state index in [0.717, 1.165) is 5.56 Å². The Morgan fingerprint density at radius 2 is 1.45 bits per heavy atom. The maximum absolute atomic E-state index is 14.8. The molecule has 0 fully saturated rings. The van der Waals surface area contributed by atoms with Gasteiger partial charge in [-0.2, -0.15) is 0 Å². The lowest BCUT2D eigenvalue weighted by Gasteiger charge is -2.32. The van der Waals surface area contributed by atoms with Crippen LogP contribution in [0.4, 0.5) is 10.1 Å². The summed E-state index contributed by atoms with van der Waals surface area (Å²) >= 11 is 0. The number of anilines is 1. The fourth-order valence-electron chi connectivity index (χ4n) is 4.37. The first-order valence-corrected chi connectivity index (χ1v) is 12.7. The molecular weight excluding hydrogens is 511 g/mol. The predicted molar refractivity (Wildman–Crippen MR) is 151 cm³/mol. The lowest BCUT2D eigenvalue weighted by molar-refractivity contribution is -0.139. The fourth-order valence-corrected chi connectivity index (χ4v) is 4.37. The summed E-state index contributed by atoms with van der Waals surface area (Å²) in [5.41, 5.74) is 1.99. The molecule has 0 heterocycles. The van der Waals surface area contributed by atoms with Gasteiger partial charge in [0.1, 0.15) is 29.1 Å². The van der Waals surface area contributed by atoms with Crippen LogP contribution in [0.2, 0.25) is 0 Å². The molecule has 8 heteroatoms. The highest BCUT2D eigenvalue weighted by atomic mass is 19.1. The van der Waals surface area contributed by atoms with Crippen molar-refractivity contribution >= 4 is 17.5 Å². The summed E-state index contributed by atoms with van der Waals surface area (Å²) < 4.78 is 30.9. The average Bonchev–Trinajstić information content (AvgIpc) is 2.98. The molecule has 1 unspecified atom stereocenters. The first-order valence-electron chi connectivity index (χ1n) is 12.7. The minimum Gasteiger partial charge on any atom is -0.497 e. The summed E-state index contributed by atoms with van der Waals surface area (Å²) in [5.74, 6) is 0.235. The van der Waals surface area contributed by atoms with Crippen LogP contribution in [-0.4, -0.2) is 38.0 Å². The van der Waals surface area contributed by atoms with Crippen molar-refractivity contribution in [3.63, 3.8) is 0 Å². The molecule has 0 spiro atoms. The average molecular weight is 543 g/mol. The SMILES string of the molecule is COc1ccc(C(C(=O)Nc2ccc(OC)cc2OC)N(Cc2ccccc2F)C(=O)Cc2ccccc2)cc1. The normalized spacial score (nSPS) is 11.3. The largest absolute Gasteiger partial charge is 0.497 e. The molecule has 1 atom stereocenters. The maximum atomic E-state index is 14.8. The zero-order valence-electron chi connectivity index (χ0n) is 22.6. The van der Waals surface area contributed by atoms with E-state index < -0.39 is 17.8 Å². The summed E-state index contributed by atoms with van der Waals surface area (Å²) in [5, 5.41) is 2.90. The van der Waals surface area contributed by atoms with E-state index in [1.165, 1.54) is 25.2 Å². The third-order valence-electron chi connectivity index (χ3n) is 6.48. The van der Waals surface area contributed by atoms with Crippen LogP contribution >= 0.6 is 0 Å². The van der Waals surface area contributed by atoms with Gasteiger partial charge in [-0.15, -0.1) is 0 Å². The van der Waals surface area contributed by atoms with Crippen molar-refractivity contribution in [3.05, 3.63) is 120 Å². The lowest BCUT2D eigenvalue weighted by atomic mass is 10.0. The summed E-state index contributed by atoms with van der Waals surface area (Å²) in [6, 6.07) is 26.2. The Kier molecular flexibility index (Phi) is 9.35. The summed E-state index contributed by atoms with van der Waals surface area (Å²) in [6.45, 7) is -0.123. The number of amides is 2. The molecule has 0 saturated carbocycles. The second-order valence-electron chi connectivity index (χ2n) is 9.01. The van der Waals surface area contributed by atoms with Gasteiger partial charge < -0.3 is 24.4 Å². The van der Waals surface area contributed by atoms with E-state index >= 15 is 0 Å². The molecule has 0 saturated heterocycles. The van der Waals surface area contributed by atoms with Crippen LogP contribution in [-0.2, 0) is 22.6 Å². The van der Waals surface area contributed by atoms with Crippen LogP contribution < -0.4 is 19.5 Å². The first-order chi connectivity index (χ1) is 19.4. The van der Waals surface area contributed by atoms with E-state index in [9.17, 15) is 14.0 Å². The van der Waals surface area contributed by atoms with E-state index in [1.807, 2.05) is 30.3 Å². The molecule has 4 aromatic carbocycles. The van der Waals surface area contributed by atoms with Crippen molar-refractivity contribution in [2.24, 2.45) is 0 Å². The second-order valence-corrected chi connectivity index (χ2v) is 9.01. The smallest absolute Gasteiger partial charge is 0.251 e. The highest BCUT2D eigenvalue weighted by molar-refractivity contribution is 5.99. The molecule has 4 rings (SSSR count). The first kappa shape index (κ1) is 28.2. The number of nitrogens with one attached hydrogen (secondary N) is 1. The van der Waals surface area contributed by atoms with Crippen molar-refractivity contribution < 1.29 is 28.2 Å². The zero-order valence-corrected chi connectivity index (χ0v) is 22.6. The Hall–Kier alpha value is -4.85. The predicted octanol–water partition coefficient (Wildman–Crippen LogP) is 5.80. The molecule has 1 N–H and O–H groups in total. The standard InChI is InChI=1S/C32H31FN2O5/c1-38-25-15-13-23(14-16-25)31(32(37)34-28-18-17-26(39-2)20-29(28)40-3)35(21-24-11-7-8-12-27(24)33)30(36)19-22-9-5-4-6-10-22/h4-18,20,31H,19,21H2,1-3H3,(H,34,37). The maximum Gasteiger partial charge on any atom is 0.251 e. The lowest BCUT2D eigenvalue weighted by Crippen LogP contribution is -2.42. The van der Waals surface area contributed by atoms with Gasteiger partial charge in [0.2, 0.25) is 5.91 Å². The number of rotatable bonds is 11. The number of hydrogen-bond acceptors (Lipinski definition) is 5. The Balaban J connectivity index is 1.78. The summed E-state index contributed by atoms with van der Waals surface area (Å²) in [4.78, 5) is 29.3. The van der Waals surface area contributed by atoms with Gasteiger partial charge in [-0.3, -0.25) is 9.59 Å². The van der Waals surface area contributed by atoms with E-state index in [2.05, 4.69) is 5.32 Å². The number of nitrogens with zero attached hydrogens (tertiary/aromatic N) is 1. The Morgan fingerprint density at radius 3 is 2.10 bits per heavy atom. The highest BCUT2D eigenvalue weighted by Crippen LogP contribution is 2.32. The van der Waals surface area contributed by atoms with Gasteiger partial charge in [-0.25, -0.2) is 4.39 Å². The van der Waals surface area contributed by atoms with Crippen molar-refractivity contribution in [3.8, 4) is 17.2 Å². The Bertz CT molecular complexity index is 1440. The number of benzene rings is 4. The molecule has 0 aliphatic heterocycles. The van der Waals surface area contributed by atoms with Gasteiger partial charge in [-0.1, -0.05) is 60.7 Å². The second kappa shape index (κ2) is 13.3. The Morgan fingerprint density at radius 1 is 0.800 bits per heavy atom. The molecule has 0 aliphatic rings. The molecule has 40 heavy (non-hydrogen) atoms. The number of halogens is 1. The van der Waals surface area contributed by atoms with Gasteiger partial charge in [0.05, 0.1) is 33.4 Å². The van der Waals surface area contributed by atoms with Gasteiger partial charge in [0.15, 0.2) is 0 Å². The monoisotopic (exact) mass is 542 g/mol. The quantitative estimate of drug-likeness (QED) is 0.259. The summed E-state index contributed by atoms with van der Waals surface area (Å²) in [6.07, 6.45) is 0.0289. The van der Waals surface area contributed by atoms with Gasteiger partial charge in [0, 0.05) is 18.2 Å². The van der Waals surface area contributed by atoms with Crippen molar-refractivity contribution in [2.75, 3.05) is 26.6 Å². The van der Waals surface area contributed by atoms with E-state index in [4.69, 9.17) is 14.2 Å². The topological polar surface area (TPSA) is 77.1 Å². The molecule has 0 aliphatic carbocycles. The number of hydrogen-bond donors (Lipinski definition) is 1. The van der Waals surface area contributed by atoms with Gasteiger partial charge in [0.25, 0.3) is 5.91 Å². The van der Waals surface area contributed by atoms with Crippen LogP contribution in [0.25, 0.3) is 0 Å². The van der Waals surface area contributed by atoms with E-state index in [0.29, 0.717) is 28.5 Å². The molecular formula is C32H31FN2O5. The minimum atomic E-state index is -1.10. The van der Waals surface area contributed by atoms with Crippen LogP contribution in [0.15, 0.2) is 97.1 Å². The van der Waals surface area contributed by atoms with Crippen molar-refractivity contribution in [1.82, 2.24) is 4.90 Å². The number of ether oxygens (including phenoxy) is 3. The van der Waals surface area contributed by atoms with Gasteiger partial charge in [-0.05, 0) is 41.5 Å². The van der Waals surface area contributed by atoms with E-state index in [1.54, 1.807) is 67.8 Å². The van der Waals surface area contributed by atoms with Crippen molar-refractivity contribution in [1.29, 1.82) is 0 Å². The zero-order chi connectivity index (χ0) is 28.5. The number of methoxy groups -OCH3 is 3. The molecule has 4 aromatic rings. The molecule has 0 aromatic heterocycles. The molecule has 0 radical (unpaired) electrons. The molecule has 0 bridgehead atoms. The Labute approximate surface area is 233 Å². The highest BCUT2D eigenvalue weighted by Gasteiger charge is 2.33. The molecule has 7 nitrogen and oxygen atoms in total. The molecule has 2 amide bonds. The molecule has 206 valence electrons. The van der Waals surface area contributed by atoms with Crippen LogP contribution in [0.1, 0.15) is 22.7 Å². The van der Waals surface area contributed by atoms with Crippen LogP contribution in [0.3, 0.4) is 0 Å². The summed E-state index contributed by atoms with van der Waals surface area (Å²) in [7, 11) is 4.56. The number of carbonyl (C=O) groups is 2. The third kappa shape index (κ3) is 6.77. The number of carbonyl (C=O) groups excluding carboxylic acids is 2. The van der Waals surface area contributed by atoms with Crippen molar-refractivity contribution in [2.45, 2.75) is 19.0 Å². The minimum absolute atomic E-state index is 0.0289. The third-order valence-corrected chi connectivity index (χ3v) is 6.48. The van der Waals surface area contributed by atoms with Crippen LogP contribution in [0.5, 0.6) is 17.2 Å². The fraction of sp³-hybridized carbons (Fsp3) is 0.188. The van der Waals surface area contributed by atoms with E-state index in [-0.39, 0.29) is 24.4 Å².